The lowest BCUT2D eigenvalue weighted by Gasteiger charge is -2.22. The molecule has 0 unspecified atom stereocenters. The zero-order valence-electron chi connectivity index (χ0n) is 13.9. The van der Waals surface area contributed by atoms with Crippen molar-refractivity contribution in [2.75, 3.05) is 0 Å². The Hall–Kier alpha value is -2.73. The quantitative estimate of drug-likeness (QED) is 0.734. The Balaban J connectivity index is 1.63. The van der Waals surface area contributed by atoms with E-state index in [0.29, 0.717) is 0 Å². The minimum Gasteiger partial charge on any atom is -0.319 e. The summed E-state index contributed by atoms with van der Waals surface area (Å²) in [7, 11) is 0. The first-order chi connectivity index (χ1) is 12.0. The summed E-state index contributed by atoms with van der Waals surface area (Å²) in [5, 5.41) is 3.58. The Kier molecular flexibility index (Phi) is 3.58. The average molecular weight is 351 g/mol. The van der Waals surface area contributed by atoms with Gasteiger partial charge in [-0.15, -0.1) is 11.3 Å². The van der Waals surface area contributed by atoms with Gasteiger partial charge in [0.15, 0.2) is 0 Å². The predicted molar refractivity (Wildman–Crippen MR) is 97.2 cm³/mol. The van der Waals surface area contributed by atoms with Gasteiger partial charge in [-0.25, -0.2) is 9.78 Å². The summed E-state index contributed by atoms with van der Waals surface area (Å²) < 4.78 is 1.05. The minimum atomic E-state index is -1.04. The van der Waals surface area contributed by atoms with E-state index < -0.39 is 5.54 Å². The maximum atomic E-state index is 13.0. The summed E-state index contributed by atoms with van der Waals surface area (Å²) in [6, 6.07) is 15.1. The number of hydrogen-bond donors (Lipinski definition) is 1. The molecule has 1 atom stereocenters. The highest BCUT2D eigenvalue weighted by Gasteiger charge is 2.49. The third-order valence-electron chi connectivity index (χ3n) is 4.54. The molecule has 25 heavy (non-hydrogen) atoms. The molecular formula is C19H17N3O2S. The van der Waals surface area contributed by atoms with Crippen LogP contribution in [0.15, 0.2) is 48.5 Å². The van der Waals surface area contributed by atoms with Gasteiger partial charge in [0.05, 0.1) is 16.8 Å². The van der Waals surface area contributed by atoms with Crippen molar-refractivity contribution in [2.45, 2.75) is 25.9 Å². The lowest BCUT2D eigenvalue weighted by molar-refractivity contribution is -0.131. The van der Waals surface area contributed by atoms with Crippen LogP contribution >= 0.6 is 11.3 Å². The summed E-state index contributed by atoms with van der Waals surface area (Å²) in [5.41, 5.74) is 1.73. The second kappa shape index (κ2) is 5.67. The van der Waals surface area contributed by atoms with Crippen LogP contribution in [0.2, 0.25) is 0 Å². The monoisotopic (exact) mass is 351 g/mol. The number of rotatable bonds is 3. The molecule has 1 aliphatic heterocycles. The number of imide groups is 1. The fourth-order valence-electron chi connectivity index (χ4n) is 3.05. The third-order valence-corrected chi connectivity index (χ3v) is 5.56. The second-order valence-corrected chi connectivity index (χ2v) is 7.50. The number of urea groups is 1. The molecule has 1 fully saturated rings. The topological polar surface area (TPSA) is 62.3 Å². The van der Waals surface area contributed by atoms with Crippen LogP contribution in [0, 0.1) is 6.92 Å². The number of carbonyl (C=O) groups excluding carboxylic acids is 2. The first kappa shape index (κ1) is 15.8. The van der Waals surface area contributed by atoms with E-state index in [1.54, 1.807) is 6.92 Å². The Morgan fingerprint density at radius 2 is 1.84 bits per heavy atom. The number of aryl methyl sites for hydroxylation is 1. The Morgan fingerprint density at radius 1 is 1.12 bits per heavy atom. The number of benzene rings is 2. The largest absolute Gasteiger partial charge is 0.325 e. The van der Waals surface area contributed by atoms with Crippen LogP contribution < -0.4 is 5.32 Å². The number of fused-ring (bicyclic) bond motifs is 1. The number of carbonyl (C=O) groups is 2. The lowest BCUT2D eigenvalue weighted by Crippen LogP contribution is -2.40. The van der Waals surface area contributed by atoms with E-state index >= 15 is 0 Å². The van der Waals surface area contributed by atoms with Crippen LogP contribution in [0.3, 0.4) is 0 Å². The molecule has 0 bridgehead atoms. The Labute approximate surface area is 149 Å². The molecule has 1 saturated heterocycles. The van der Waals surface area contributed by atoms with Crippen molar-refractivity contribution in [1.82, 2.24) is 15.2 Å². The first-order valence-electron chi connectivity index (χ1n) is 8.03. The Bertz CT molecular complexity index is 947. The highest BCUT2D eigenvalue weighted by atomic mass is 32.1. The van der Waals surface area contributed by atoms with Crippen molar-refractivity contribution in [3.63, 3.8) is 0 Å². The SMILES string of the molecule is Cc1ccc([C@]2(C)NC(=O)N(Cc3nc4ccccc4s3)C2=O)cc1. The standard InChI is InChI=1S/C19H17N3O2S/c1-12-7-9-13(10-8-12)19(2)17(23)22(18(24)21-19)11-16-20-14-5-3-4-6-15(14)25-16/h3-10H,11H2,1-2H3,(H,21,24)/t19-/m0/s1. The molecule has 2 aromatic carbocycles. The van der Waals surface area contributed by atoms with Crippen molar-refractivity contribution in [3.05, 3.63) is 64.7 Å². The maximum Gasteiger partial charge on any atom is 0.325 e. The summed E-state index contributed by atoms with van der Waals surface area (Å²) in [4.78, 5) is 31.2. The summed E-state index contributed by atoms with van der Waals surface area (Å²) in [6.45, 7) is 3.92. The normalized spacial score (nSPS) is 20.3. The second-order valence-electron chi connectivity index (χ2n) is 6.39. The van der Waals surface area contributed by atoms with Gasteiger partial charge in [0.25, 0.3) is 5.91 Å². The van der Waals surface area contributed by atoms with Crippen molar-refractivity contribution in [1.29, 1.82) is 0 Å². The van der Waals surface area contributed by atoms with Gasteiger partial charge in [0.1, 0.15) is 10.5 Å². The number of para-hydroxylation sites is 1. The van der Waals surface area contributed by atoms with Crippen LogP contribution in [0.1, 0.15) is 23.1 Å². The number of nitrogens with zero attached hydrogens (tertiary/aromatic N) is 2. The van der Waals surface area contributed by atoms with Gasteiger partial charge in [0.2, 0.25) is 0 Å². The molecule has 3 aromatic rings. The van der Waals surface area contributed by atoms with Crippen LogP contribution in [0.5, 0.6) is 0 Å². The first-order valence-corrected chi connectivity index (χ1v) is 8.85. The van der Waals surface area contributed by atoms with E-state index in [4.69, 9.17) is 0 Å². The van der Waals surface area contributed by atoms with E-state index in [1.165, 1.54) is 16.2 Å². The van der Waals surface area contributed by atoms with Crippen molar-refractivity contribution in [3.8, 4) is 0 Å². The molecule has 4 rings (SSSR count). The molecule has 0 aliphatic carbocycles. The fraction of sp³-hybridized carbons (Fsp3) is 0.211. The van der Waals surface area contributed by atoms with Gasteiger partial charge in [-0.3, -0.25) is 9.69 Å². The molecule has 3 amide bonds. The molecule has 6 heteroatoms. The molecule has 126 valence electrons. The smallest absolute Gasteiger partial charge is 0.319 e. The highest BCUT2D eigenvalue weighted by molar-refractivity contribution is 7.18. The van der Waals surface area contributed by atoms with Gasteiger partial charge in [-0.1, -0.05) is 42.0 Å². The lowest BCUT2D eigenvalue weighted by atomic mass is 9.91. The number of hydrogen-bond acceptors (Lipinski definition) is 4. The molecule has 2 heterocycles. The fourth-order valence-corrected chi connectivity index (χ4v) is 4.00. The van der Waals surface area contributed by atoms with Crippen LogP contribution in [0.4, 0.5) is 4.79 Å². The van der Waals surface area contributed by atoms with Crippen LogP contribution in [-0.4, -0.2) is 21.8 Å². The van der Waals surface area contributed by atoms with Crippen LogP contribution in [-0.2, 0) is 16.9 Å². The molecule has 0 spiro atoms. The minimum absolute atomic E-state index is 0.186. The molecule has 0 saturated carbocycles. The molecule has 1 aliphatic rings. The van der Waals surface area contributed by atoms with Crippen molar-refractivity contribution >= 4 is 33.5 Å². The van der Waals surface area contributed by atoms with Gasteiger partial charge in [-0.2, -0.15) is 0 Å². The predicted octanol–water partition coefficient (Wildman–Crippen LogP) is 3.57. The van der Waals surface area contributed by atoms with Gasteiger partial charge >= 0.3 is 6.03 Å². The van der Waals surface area contributed by atoms with Gasteiger partial charge < -0.3 is 5.32 Å². The third kappa shape index (κ3) is 2.59. The molecule has 0 radical (unpaired) electrons. The number of nitrogens with one attached hydrogen (secondary N) is 1. The van der Waals surface area contributed by atoms with Crippen molar-refractivity contribution in [2.24, 2.45) is 0 Å². The highest BCUT2D eigenvalue weighted by Crippen LogP contribution is 2.31. The zero-order valence-corrected chi connectivity index (χ0v) is 14.8. The average Bonchev–Trinajstić information content (AvgIpc) is 3.10. The number of aromatic nitrogens is 1. The number of amides is 3. The molecule has 1 N–H and O–H groups in total. The van der Waals surface area contributed by atoms with Crippen molar-refractivity contribution < 1.29 is 9.59 Å². The molecule has 5 nitrogen and oxygen atoms in total. The van der Waals surface area contributed by atoms with E-state index in [-0.39, 0.29) is 18.5 Å². The molecular weight excluding hydrogens is 334 g/mol. The van der Waals surface area contributed by atoms with E-state index in [2.05, 4.69) is 10.3 Å². The van der Waals surface area contributed by atoms with Crippen LogP contribution in [0.25, 0.3) is 10.2 Å². The summed E-state index contributed by atoms with van der Waals surface area (Å²) in [5.74, 6) is -0.249. The molecule has 1 aromatic heterocycles. The Morgan fingerprint density at radius 3 is 2.56 bits per heavy atom. The van der Waals surface area contributed by atoms with Gasteiger partial charge in [0, 0.05) is 0 Å². The van der Waals surface area contributed by atoms with E-state index in [0.717, 1.165) is 26.4 Å². The number of thiazole rings is 1. The van der Waals surface area contributed by atoms with E-state index in [9.17, 15) is 9.59 Å². The van der Waals surface area contributed by atoms with E-state index in [1.807, 2.05) is 55.5 Å². The van der Waals surface area contributed by atoms with Gasteiger partial charge in [-0.05, 0) is 31.5 Å². The zero-order chi connectivity index (χ0) is 17.6. The summed E-state index contributed by atoms with van der Waals surface area (Å²) in [6.07, 6.45) is 0. The summed E-state index contributed by atoms with van der Waals surface area (Å²) >= 11 is 1.50. The maximum absolute atomic E-state index is 13.0.